The van der Waals surface area contributed by atoms with Gasteiger partial charge < -0.3 is 47.1 Å². The highest BCUT2D eigenvalue weighted by molar-refractivity contribution is 5.98. The number of hydrogen-bond acceptors (Lipinski definition) is 8. The molecule has 0 saturated heterocycles. The third-order valence-corrected chi connectivity index (χ3v) is 13.1. The van der Waals surface area contributed by atoms with Gasteiger partial charge in [-0.25, -0.2) is 4.79 Å². The molecule has 1 heterocycles. The van der Waals surface area contributed by atoms with Gasteiger partial charge in [0.25, 0.3) is 0 Å². The predicted octanol–water partition coefficient (Wildman–Crippen LogP) is 5.09. The Balaban J connectivity index is 1.37. The molecule has 7 atom stereocenters. The standard InChI is InChI=1S/C53H69N7O10/c1-6-32(4)46(51(67)59-43(53(69)70)28-37-30-54-39-25-17-16-24-38(37)39)60-50(66)41(27-34-18-10-7-11-19-34)56-49(65)42(29-44(62)63)57-48(64)40(26-31(2)3)58-52(68)47(55-33(5)61)45(35-20-12-8-13-21-35)36-22-14-9-15-23-36/h8-9,12-17,20-25,30-32,34,40-43,45-47,54H,6-7,10-11,18-19,26-29H2,1-5H3,(H,55,61)(H,56,65)(H,57,64)(H,58,68)(H,59,67)(H,60,66)(H,62,63)(H,69,70)/t32-,40-,41-,42-,43-,46-,47+/m0/s1. The second kappa shape index (κ2) is 26.1. The van der Waals surface area contributed by atoms with Gasteiger partial charge in [0.05, 0.1) is 6.42 Å². The van der Waals surface area contributed by atoms with E-state index in [0.29, 0.717) is 12.0 Å². The molecular weight excluding hydrogens is 895 g/mol. The second-order valence-corrected chi connectivity index (χ2v) is 19.0. The number of amides is 6. The van der Waals surface area contributed by atoms with Crippen LogP contribution < -0.4 is 31.9 Å². The number of carbonyl (C=O) groups is 8. The minimum atomic E-state index is -1.71. The molecule has 1 aliphatic carbocycles. The van der Waals surface area contributed by atoms with E-state index in [1.54, 1.807) is 13.1 Å². The number of benzene rings is 3. The first-order valence-corrected chi connectivity index (χ1v) is 24.3. The third-order valence-electron chi connectivity index (χ3n) is 13.1. The Labute approximate surface area is 409 Å². The van der Waals surface area contributed by atoms with Crippen molar-refractivity contribution >= 4 is 58.3 Å². The summed E-state index contributed by atoms with van der Waals surface area (Å²) in [6.07, 6.45) is 5.77. The Kier molecular flexibility index (Phi) is 20.1. The number of nitrogens with one attached hydrogen (secondary N) is 7. The zero-order chi connectivity index (χ0) is 50.9. The number of H-pyrrole nitrogens is 1. The highest BCUT2D eigenvalue weighted by Gasteiger charge is 2.38. The number of fused-ring (bicyclic) bond motifs is 1. The number of rotatable bonds is 25. The molecule has 1 aliphatic rings. The molecule has 17 nitrogen and oxygen atoms in total. The monoisotopic (exact) mass is 964 g/mol. The Morgan fingerprint density at radius 3 is 1.71 bits per heavy atom. The Morgan fingerprint density at radius 2 is 1.14 bits per heavy atom. The van der Waals surface area contributed by atoms with Crippen LogP contribution in [0, 0.1) is 17.8 Å². The summed E-state index contributed by atoms with van der Waals surface area (Å²) < 4.78 is 0. The lowest BCUT2D eigenvalue weighted by Crippen LogP contribution is -2.61. The second-order valence-electron chi connectivity index (χ2n) is 19.0. The summed E-state index contributed by atoms with van der Waals surface area (Å²) in [5.41, 5.74) is 2.93. The normalized spacial score (nSPS) is 15.9. The van der Waals surface area contributed by atoms with Gasteiger partial charge in [-0.3, -0.25) is 33.6 Å². The van der Waals surface area contributed by atoms with Crippen LogP contribution in [-0.2, 0) is 44.8 Å². The van der Waals surface area contributed by atoms with Gasteiger partial charge in [-0.15, -0.1) is 0 Å². The maximum Gasteiger partial charge on any atom is 0.326 e. The minimum absolute atomic E-state index is 0.00135. The summed E-state index contributed by atoms with van der Waals surface area (Å²) in [7, 11) is 0. The van der Waals surface area contributed by atoms with E-state index in [4.69, 9.17) is 0 Å². The van der Waals surface area contributed by atoms with Crippen molar-refractivity contribution in [3.05, 3.63) is 108 Å². The van der Waals surface area contributed by atoms with Crippen LogP contribution in [0.15, 0.2) is 91.1 Å². The number of aromatic nitrogens is 1. The van der Waals surface area contributed by atoms with Gasteiger partial charge in [-0.05, 0) is 53.4 Å². The maximum absolute atomic E-state index is 14.4. The van der Waals surface area contributed by atoms with Gasteiger partial charge in [-0.2, -0.15) is 0 Å². The molecular formula is C53H69N7O10. The fourth-order valence-electron chi connectivity index (χ4n) is 9.24. The number of carboxylic acids is 2. The van der Waals surface area contributed by atoms with Crippen molar-refractivity contribution in [1.29, 1.82) is 0 Å². The number of para-hydroxylation sites is 1. The number of aromatic amines is 1. The van der Waals surface area contributed by atoms with E-state index in [9.17, 15) is 48.6 Å². The first-order chi connectivity index (χ1) is 33.4. The van der Waals surface area contributed by atoms with Gasteiger partial charge >= 0.3 is 11.9 Å². The molecule has 3 aromatic carbocycles. The molecule has 1 saturated carbocycles. The van der Waals surface area contributed by atoms with Crippen LogP contribution in [0.3, 0.4) is 0 Å². The molecule has 1 aromatic heterocycles. The molecule has 0 radical (unpaired) electrons. The highest BCUT2D eigenvalue weighted by atomic mass is 16.4. The Bertz CT molecular complexity index is 2380. The average Bonchev–Trinajstić information content (AvgIpc) is 3.74. The van der Waals surface area contributed by atoms with Gasteiger partial charge in [0.15, 0.2) is 0 Å². The van der Waals surface area contributed by atoms with Gasteiger partial charge in [0.2, 0.25) is 35.4 Å². The van der Waals surface area contributed by atoms with Crippen molar-refractivity contribution in [1.82, 2.24) is 36.9 Å². The van der Waals surface area contributed by atoms with Crippen LogP contribution in [0.2, 0.25) is 0 Å². The number of carbonyl (C=O) groups excluding carboxylic acids is 6. The lowest BCUT2D eigenvalue weighted by atomic mass is 9.84. The topological polar surface area (TPSA) is 265 Å². The van der Waals surface area contributed by atoms with Crippen molar-refractivity contribution in [3.8, 4) is 0 Å². The summed E-state index contributed by atoms with van der Waals surface area (Å²) in [5, 5.41) is 37.2. The van der Waals surface area contributed by atoms with Crippen LogP contribution in [0.1, 0.15) is 115 Å². The van der Waals surface area contributed by atoms with Crippen LogP contribution in [0.25, 0.3) is 10.9 Å². The SMILES string of the molecule is CC[C@H](C)[C@H](NC(=O)[C@H](CC1CCCCC1)NC(=O)[C@H](CC(=O)O)NC(=O)[C@H](CC(C)C)NC(=O)[C@H](NC(C)=O)C(c1ccccc1)c1ccccc1)C(=O)N[C@@H](Cc1c[nH]c2ccccc12)C(=O)O. The van der Waals surface area contributed by atoms with Crippen LogP contribution in [0.5, 0.6) is 0 Å². The number of carboxylic acid groups (broad SMARTS) is 2. The molecule has 5 rings (SSSR count). The van der Waals surface area contributed by atoms with Crippen LogP contribution in [0.4, 0.5) is 0 Å². The quantitative estimate of drug-likeness (QED) is 0.0425. The lowest BCUT2D eigenvalue weighted by molar-refractivity contribution is -0.142. The Morgan fingerprint density at radius 1 is 0.614 bits per heavy atom. The molecule has 0 spiro atoms. The van der Waals surface area contributed by atoms with E-state index >= 15 is 0 Å². The molecule has 1 fully saturated rings. The van der Waals surface area contributed by atoms with Crippen molar-refractivity contribution in [2.24, 2.45) is 17.8 Å². The lowest BCUT2D eigenvalue weighted by Gasteiger charge is -2.31. The smallest absolute Gasteiger partial charge is 0.326 e. The van der Waals surface area contributed by atoms with Crippen molar-refractivity contribution in [2.45, 2.75) is 141 Å². The molecule has 0 aliphatic heterocycles. The molecule has 70 heavy (non-hydrogen) atoms. The minimum Gasteiger partial charge on any atom is -0.481 e. The molecule has 376 valence electrons. The number of hydrogen-bond donors (Lipinski definition) is 9. The molecule has 17 heteroatoms. The van der Waals surface area contributed by atoms with Crippen molar-refractivity contribution in [3.63, 3.8) is 0 Å². The fraction of sp³-hybridized carbons (Fsp3) is 0.472. The summed E-state index contributed by atoms with van der Waals surface area (Å²) >= 11 is 0. The van der Waals surface area contributed by atoms with E-state index in [-0.39, 0.29) is 31.1 Å². The Hall–Kier alpha value is -7.04. The van der Waals surface area contributed by atoms with E-state index in [0.717, 1.165) is 54.1 Å². The van der Waals surface area contributed by atoms with Gasteiger partial charge in [0, 0.05) is 36.4 Å². The molecule has 4 aromatic rings. The van der Waals surface area contributed by atoms with E-state index in [2.05, 4.69) is 36.9 Å². The number of aliphatic carboxylic acids is 2. The van der Waals surface area contributed by atoms with Crippen molar-refractivity contribution < 1.29 is 48.6 Å². The van der Waals surface area contributed by atoms with Crippen LogP contribution >= 0.6 is 0 Å². The first kappa shape index (κ1) is 53.9. The zero-order valence-electron chi connectivity index (χ0n) is 40.7. The summed E-state index contributed by atoms with van der Waals surface area (Å²) in [6, 6.07) is 17.6. The van der Waals surface area contributed by atoms with Crippen LogP contribution in [-0.4, -0.2) is 98.8 Å². The largest absolute Gasteiger partial charge is 0.481 e. The first-order valence-electron chi connectivity index (χ1n) is 24.3. The third kappa shape index (κ3) is 15.5. The van der Waals surface area contributed by atoms with Gasteiger partial charge in [0.1, 0.15) is 36.3 Å². The van der Waals surface area contributed by atoms with E-state index < -0.39 is 102 Å². The summed E-state index contributed by atoms with van der Waals surface area (Å²) in [6.45, 7) is 8.48. The summed E-state index contributed by atoms with van der Waals surface area (Å²) in [4.78, 5) is 112. The molecule has 9 N–H and O–H groups in total. The molecule has 6 amide bonds. The predicted molar refractivity (Wildman–Crippen MR) is 264 cm³/mol. The maximum atomic E-state index is 14.4. The fourth-order valence-corrected chi connectivity index (χ4v) is 9.24. The zero-order valence-corrected chi connectivity index (χ0v) is 40.7. The molecule has 0 unspecified atom stereocenters. The van der Waals surface area contributed by atoms with E-state index in [1.165, 1.54) is 6.92 Å². The summed E-state index contributed by atoms with van der Waals surface area (Å²) in [5.74, 6) is -8.51. The van der Waals surface area contributed by atoms with Crippen molar-refractivity contribution in [2.75, 3.05) is 0 Å². The van der Waals surface area contributed by atoms with Gasteiger partial charge in [-0.1, -0.05) is 145 Å². The molecule has 0 bridgehead atoms. The van der Waals surface area contributed by atoms with E-state index in [1.807, 2.05) is 106 Å². The average molecular weight is 964 g/mol. The highest BCUT2D eigenvalue weighted by Crippen LogP contribution is 2.30.